The second kappa shape index (κ2) is 6.92. The Morgan fingerprint density at radius 3 is 2.50 bits per heavy atom. The van der Waals surface area contributed by atoms with Gasteiger partial charge in [-0.1, -0.05) is 24.3 Å². The van der Waals surface area contributed by atoms with Crippen molar-refractivity contribution in [2.75, 3.05) is 7.11 Å². The van der Waals surface area contributed by atoms with Gasteiger partial charge in [0.1, 0.15) is 11.8 Å². The minimum absolute atomic E-state index is 0.0349. The molecule has 0 aliphatic carbocycles. The topological polar surface area (TPSA) is 59.3 Å². The van der Waals surface area contributed by atoms with Crippen molar-refractivity contribution >= 4 is 12.0 Å². The quantitative estimate of drug-likeness (QED) is 0.353. The number of ether oxygens (including phenoxy) is 2. The SMILES string of the molecule is COc1ccc(C=CC=C(C#N)OC(C)=O)cc1. The third kappa shape index (κ3) is 4.54. The van der Waals surface area contributed by atoms with E-state index in [1.807, 2.05) is 24.3 Å². The average Bonchev–Trinajstić information content (AvgIpc) is 2.38. The highest BCUT2D eigenvalue weighted by atomic mass is 16.5. The van der Waals surface area contributed by atoms with Crippen LogP contribution in [0.4, 0.5) is 0 Å². The first-order valence-electron chi connectivity index (χ1n) is 5.26. The minimum Gasteiger partial charge on any atom is -0.497 e. The molecule has 0 heterocycles. The molecule has 0 aliphatic rings. The summed E-state index contributed by atoms with van der Waals surface area (Å²) < 4.78 is 9.70. The van der Waals surface area contributed by atoms with Crippen molar-refractivity contribution in [1.29, 1.82) is 5.26 Å². The van der Waals surface area contributed by atoms with Gasteiger partial charge in [0, 0.05) is 6.92 Å². The predicted octanol–water partition coefficient (Wildman–Crippen LogP) is 2.68. The van der Waals surface area contributed by atoms with Gasteiger partial charge >= 0.3 is 5.97 Å². The second-order valence-corrected chi connectivity index (χ2v) is 3.37. The Labute approximate surface area is 106 Å². The normalized spacial score (nSPS) is 11.1. The molecule has 4 heteroatoms. The smallest absolute Gasteiger partial charge is 0.308 e. The van der Waals surface area contributed by atoms with Crippen LogP contribution in [-0.2, 0) is 9.53 Å². The molecular formula is C14H13NO3. The zero-order chi connectivity index (χ0) is 13.4. The van der Waals surface area contributed by atoms with Crippen molar-refractivity contribution in [2.45, 2.75) is 6.92 Å². The molecule has 1 aromatic carbocycles. The summed E-state index contributed by atoms with van der Waals surface area (Å²) in [7, 11) is 1.60. The van der Waals surface area contributed by atoms with Crippen molar-refractivity contribution in [2.24, 2.45) is 0 Å². The molecule has 0 aliphatic heterocycles. The van der Waals surface area contributed by atoms with E-state index in [0.29, 0.717) is 0 Å². The van der Waals surface area contributed by atoms with Gasteiger partial charge in [-0.25, -0.2) is 0 Å². The lowest BCUT2D eigenvalue weighted by Crippen LogP contribution is -1.96. The molecule has 0 amide bonds. The zero-order valence-corrected chi connectivity index (χ0v) is 10.2. The summed E-state index contributed by atoms with van der Waals surface area (Å²) in [6.45, 7) is 1.25. The number of nitrogens with zero attached hydrogens (tertiary/aromatic N) is 1. The molecule has 0 radical (unpaired) electrons. The Hall–Kier alpha value is -2.54. The predicted molar refractivity (Wildman–Crippen MR) is 67.5 cm³/mol. The highest BCUT2D eigenvalue weighted by Gasteiger charge is 1.97. The molecule has 1 rings (SSSR count). The lowest BCUT2D eigenvalue weighted by molar-refractivity contribution is -0.136. The van der Waals surface area contributed by atoms with Gasteiger partial charge in [0.2, 0.25) is 5.76 Å². The number of methoxy groups -OCH3 is 1. The fourth-order valence-electron chi connectivity index (χ4n) is 1.21. The number of nitriles is 1. The van der Waals surface area contributed by atoms with Crippen molar-refractivity contribution in [3.63, 3.8) is 0 Å². The van der Waals surface area contributed by atoms with Crippen LogP contribution in [0, 0.1) is 11.3 Å². The Morgan fingerprint density at radius 1 is 1.33 bits per heavy atom. The maximum absolute atomic E-state index is 10.7. The Balaban J connectivity index is 2.71. The van der Waals surface area contributed by atoms with Crippen LogP contribution in [0.5, 0.6) is 5.75 Å². The number of carbonyl (C=O) groups is 1. The van der Waals surface area contributed by atoms with Gasteiger partial charge < -0.3 is 9.47 Å². The van der Waals surface area contributed by atoms with E-state index in [4.69, 9.17) is 10.00 Å². The van der Waals surface area contributed by atoms with Crippen LogP contribution in [0.25, 0.3) is 6.08 Å². The molecular weight excluding hydrogens is 230 g/mol. The van der Waals surface area contributed by atoms with Crippen molar-refractivity contribution in [3.8, 4) is 11.8 Å². The van der Waals surface area contributed by atoms with Crippen LogP contribution in [-0.4, -0.2) is 13.1 Å². The Morgan fingerprint density at radius 2 is 2.00 bits per heavy atom. The Bertz CT molecular complexity index is 507. The number of esters is 1. The standard InChI is InChI=1S/C14H13NO3/c1-11(16)18-14(10-15)5-3-4-12-6-8-13(17-2)9-7-12/h3-9H,1-2H3. The summed E-state index contributed by atoms with van der Waals surface area (Å²) in [5, 5.41) is 8.69. The van der Waals surface area contributed by atoms with Crippen molar-refractivity contribution in [3.05, 3.63) is 47.7 Å². The monoisotopic (exact) mass is 243 g/mol. The third-order valence-corrected chi connectivity index (χ3v) is 2.02. The van der Waals surface area contributed by atoms with Crippen LogP contribution in [0.15, 0.2) is 42.2 Å². The van der Waals surface area contributed by atoms with E-state index in [9.17, 15) is 4.79 Å². The first-order valence-corrected chi connectivity index (χ1v) is 5.26. The maximum Gasteiger partial charge on any atom is 0.308 e. The van der Waals surface area contributed by atoms with E-state index in [2.05, 4.69) is 4.74 Å². The first-order chi connectivity index (χ1) is 8.65. The number of allylic oxidation sites excluding steroid dienone is 3. The third-order valence-electron chi connectivity index (χ3n) is 2.02. The van der Waals surface area contributed by atoms with E-state index in [1.165, 1.54) is 13.0 Å². The molecule has 18 heavy (non-hydrogen) atoms. The molecule has 1 aromatic rings. The van der Waals surface area contributed by atoms with E-state index in [-0.39, 0.29) is 5.76 Å². The fraction of sp³-hybridized carbons (Fsp3) is 0.143. The van der Waals surface area contributed by atoms with Gasteiger partial charge in [0.25, 0.3) is 0 Å². The number of hydrogen-bond acceptors (Lipinski definition) is 4. The lowest BCUT2D eigenvalue weighted by atomic mass is 10.2. The molecule has 0 saturated carbocycles. The lowest BCUT2D eigenvalue weighted by Gasteiger charge is -1.98. The van der Waals surface area contributed by atoms with Gasteiger partial charge in [-0.05, 0) is 23.8 Å². The molecule has 0 bridgehead atoms. The number of carbonyl (C=O) groups excluding carboxylic acids is 1. The number of benzene rings is 1. The number of hydrogen-bond donors (Lipinski definition) is 0. The van der Waals surface area contributed by atoms with E-state index < -0.39 is 5.97 Å². The average molecular weight is 243 g/mol. The molecule has 0 atom stereocenters. The van der Waals surface area contributed by atoms with Crippen molar-refractivity contribution in [1.82, 2.24) is 0 Å². The largest absolute Gasteiger partial charge is 0.497 e. The molecule has 92 valence electrons. The van der Waals surface area contributed by atoms with E-state index >= 15 is 0 Å². The van der Waals surface area contributed by atoms with Gasteiger partial charge in [0.15, 0.2) is 0 Å². The van der Waals surface area contributed by atoms with Gasteiger partial charge in [0.05, 0.1) is 7.11 Å². The summed E-state index contributed by atoms with van der Waals surface area (Å²) in [6.07, 6.45) is 4.87. The summed E-state index contributed by atoms with van der Waals surface area (Å²) in [6, 6.07) is 9.20. The Kier molecular flexibility index (Phi) is 5.20. The number of rotatable bonds is 4. The van der Waals surface area contributed by atoms with Gasteiger partial charge in [-0.15, -0.1) is 0 Å². The van der Waals surface area contributed by atoms with Gasteiger partial charge in [-0.3, -0.25) is 4.79 Å². The summed E-state index contributed by atoms with van der Waals surface area (Å²) >= 11 is 0. The molecule has 0 N–H and O–H groups in total. The highest BCUT2D eigenvalue weighted by molar-refractivity contribution is 5.68. The highest BCUT2D eigenvalue weighted by Crippen LogP contribution is 2.12. The first kappa shape index (κ1) is 13.5. The van der Waals surface area contributed by atoms with Crippen LogP contribution >= 0.6 is 0 Å². The molecule has 4 nitrogen and oxygen atoms in total. The fourth-order valence-corrected chi connectivity index (χ4v) is 1.21. The van der Waals surface area contributed by atoms with Crippen LogP contribution < -0.4 is 4.74 Å². The summed E-state index contributed by atoms with van der Waals surface area (Å²) in [4.78, 5) is 10.7. The van der Waals surface area contributed by atoms with Crippen LogP contribution in [0.2, 0.25) is 0 Å². The van der Waals surface area contributed by atoms with E-state index in [1.54, 1.807) is 25.3 Å². The molecule has 0 unspecified atom stereocenters. The molecule has 0 spiro atoms. The van der Waals surface area contributed by atoms with Crippen LogP contribution in [0.1, 0.15) is 12.5 Å². The summed E-state index contributed by atoms with van der Waals surface area (Å²) in [5.41, 5.74) is 0.951. The van der Waals surface area contributed by atoms with Crippen molar-refractivity contribution < 1.29 is 14.3 Å². The maximum atomic E-state index is 10.7. The molecule has 0 saturated heterocycles. The minimum atomic E-state index is -0.513. The summed E-state index contributed by atoms with van der Waals surface area (Å²) in [5.74, 6) is 0.230. The second-order valence-electron chi connectivity index (χ2n) is 3.37. The molecule has 0 fully saturated rings. The zero-order valence-electron chi connectivity index (χ0n) is 10.2. The molecule has 0 aromatic heterocycles. The van der Waals surface area contributed by atoms with Crippen LogP contribution in [0.3, 0.4) is 0 Å². The van der Waals surface area contributed by atoms with Gasteiger partial charge in [-0.2, -0.15) is 5.26 Å². The van der Waals surface area contributed by atoms with E-state index in [0.717, 1.165) is 11.3 Å².